The standard InChI is InChI=1S/C30H27ClO6/c31-22-7-4-8-24(15-22)35-18-23(32)13-14-25-26-16-29(33)36-28(26)17-27(25)37-30(34)21-11-9-20(10-12-21)19-5-2-1-3-6-19/h1-15,23,25-28,32H,16-18H2. The van der Waals surface area contributed by atoms with Gasteiger partial charge < -0.3 is 19.3 Å². The maximum Gasteiger partial charge on any atom is 0.338 e. The van der Waals surface area contributed by atoms with Crippen molar-refractivity contribution in [3.63, 3.8) is 0 Å². The van der Waals surface area contributed by atoms with Crippen molar-refractivity contribution in [1.82, 2.24) is 0 Å². The zero-order valence-electron chi connectivity index (χ0n) is 20.0. The van der Waals surface area contributed by atoms with E-state index in [1.807, 2.05) is 48.5 Å². The van der Waals surface area contributed by atoms with Gasteiger partial charge >= 0.3 is 11.9 Å². The van der Waals surface area contributed by atoms with Crippen LogP contribution in [0.2, 0.25) is 5.02 Å². The average molecular weight is 519 g/mol. The van der Waals surface area contributed by atoms with Crippen LogP contribution >= 0.6 is 11.6 Å². The number of esters is 2. The van der Waals surface area contributed by atoms with Crippen molar-refractivity contribution in [3.05, 3.63) is 102 Å². The zero-order chi connectivity index (χ0) is 25.8. The lowest BCUT2D eigenvalue weighted by Gasteiger charge is -2.20. The Morgan fingerprint density at radius 2 is 1.81 bits per heavy atom. The van der Waals surface area contributed by atoms with Crippen molar-refractivity contribution in [2.75, 3.05) is 6.61 Å². The van der Waals surface area contributed by atoms with Crippen LogP contribution < -0.4 is 4.74 Å². The molecule has 5 rings (SSSR count). The largest absolute Gasteiger partial charge is 0.491 e. The Balaban J connectivity index is 1.24. The fourth-order valence-corrected chi connectivity index (χ4v) is 5.16. The first-order valence-corrected chi connectivity index (χ1v) is 12.6. The number of carbonyl (C=O) groups is 2. The molecule has 0 bridgehead atoms. The minimum absolute atomic E-state index is 0.0330. The fraction of sp³-hybridized carbons (Fsp3) is 0.267. The molecule has 0 amide bonds. The van der Waals surface area contributed by atoms with Crippen molar-refractivity contribution in [3.8, 4) is 16.9 Å². The predicted molar refractivity (Wildman–Crippen MR) is 139 cm³/mol. The highest BCUT2D eigenvalue weighted by atomic mass is 35.5. The normalized spacial score (nSPS) is 23.5. The van der Waals surface area contributed by atoms with Gasteiger partial charge in [0.25, 0.3) is 0 Å². The lowest BCUT2D eigenvalue weighted by atomic mass is 9.91. The molecule has 2 fully saturated rings. The Kier molecular flexibility index (Phi) is 7.58. The Labute approximate surface area is 220 Å². The quantitative estimate of drug-likeness (QED) is 0.314. The Bertz CT molecular complexity index is 1270. The fourth-order valence-electron chi connectivity index (χ4n) is 4.98. The molecule has 1 N–H and O–H groups in total. The van der Waals surface area contributed by atoms with Crippen molar-refractivity contribution < 1.29 is 28.9 Å². The molecular formula is C30H27ClO6. The van der Waals surface area contributed by atoms with Gasteiger partial charge in [0.1, 0.15) is 30.7 Å². The predicted octanol–water partition coefficient (Wildman–Crippen LogP) is 5.48. The molecule has 6 nitrogen and oxygen atoms in total. The number of hydrogen-bond acceptors (Lipinski definition) is 6. The van der Waals surface area contributed by atoms with Crippen LogP contribution in [-0.4, -0.2) is 42.0 Å². The van der Waals surface area contributed by atoms with Crippen LogP contribution in [-0.2, 0) is 14.3 Å². The van der Waals surface area contributed by atoms with E-state index in [9.17, 15) is 14.7 Å². The summed E-state index contributed by atoms with van der Waals surface area (Å²) in [5, 5.41) is 11.0. The smallest absolute Gasteiger partial charge is 0.338 e. The molecule has 0 spiro atoms. The first-order valence-electron chi connectivity index (χ1n) is 12.3. The molecular weight excluding hydrogens is 492 g/mol. The van der Waals surface area contributed by atoms with E-state index in [-0.39, 0.29) is 36.9 Å². The maximum atomic E-state index is 13.0. The molecule has 3 aromatic rings. The number of halogens is 1. The molecule has 1 aliphatic carbocycles. The number of carbonyl (C=O) groups excluding carboxylic acids is 2. The second kappa shape index (κ2) is 11.2. The third-order valence-electron chi connectivity index (χ3n) is 6.81. The summed E-state index contributed by atoms with van der Waals surface area (Å²) in [7, 11) is 0. The van der Waals surface area contributed by atoms with Gasteiger partial charge in [0.15, 0.2) is 0 Å². The number of benzene rings is 3. The van der Waals surface area contributed by atoms with E-state index in [2.05, 4.69) is 0 Å². The highest BCUT2D eigenvalue weighted by Gasteiger charge is 2.50. The summed E-state index contributed by atoms with van der Waals surface area (Å²) in [6, 6.07) is 24.1. The first kappa shape index (κ1) is 25.1. The Morgan fingerprint density at radius 1 is 1.05 bits per heavy atom. The molecule has 190 valence electrons. The molecule has 0 radical (unpaired) electrons. The van der Waals surface area contributed by atoms with E-state index in [1.165, 1.54) is 0 Å². The molecule has 5 atom stereocenters. The SMILES string of the molecule is O=C1CC2C(CC(OC(=O)c3ccc(-c4ccccc4)cc3)C2C=CC(O)COc2cccc(Cl)c2)O1. The Hall–Kier alpha value is -3.61. The molecule has 3 aromatic carbocycles. The summed E-state index contributed by atoms with van der Waals surface area (Å²) >= 11 is 5.97. The van der Waals surface area contributed by atoms with E-state index in [1.54, 1.807) is 42.5 Å². The first-order chi connectivity index (χ1) is 18.0. The van der Waals surface area contributed by atoms with Gasteiger partial charge in [0.05, 0.1) is 12.0 Å². The molecule has 7 heteroatoms. The van der Waals surface area contributed by atoms with E-state index in [4.69, 9.17) is 25.8 Å². The number of hydrogen-bond donors (Lipinski definition) is 1. The summed E-state index contributed by atoms with van der Waals surface area (Å²) in [6.45, 7) is 0.0330. The molecule has 1 heterocycles. The Morgan fingerprint density at radius 3 is 2.57 bits per heavy atom. The minimum Gasteiger partial charge on any atom is -0.491 e. The van der Waals surface area contributed by atoms with Gasteiger partial charge in [-0.1, -0.05) is 72.3 Å². The highest BCUT2D eigenvalue weighted by molar-refractivity contribution is 6.30. The maximum absolute atomic E-state index is 13.0. The van der Waals surface area contributed by atoms with Gasteiger partial charge in [-0.3, -0.25) is 4.79 Å². The minimum atomic E-state index is -0.891. The molecule has 1 saturated carbocycles. The molecule has 1 saturated heterocycles. The molecule has 37 heavy (non-hydrogen) atoms. The summed E-state index contributed by atoms with van der Waals surface area (Å²) < 4.78 is 17.0. The van der Waals surface area contributed by atoms with Crippen LogP contribution in [0.1, 0.15) is 23.2 Å². The second-order valence-electron chi connectivity index (χ2n) is 9.32. The molecule has 0 aromatic heterocycles. The van der Waals surface area contributed by atoms with Crippen LogP contribution in [0.5, 0.6) is 5.75 Å². The summed E-state index contributed by atoms with van der Waals surface area (Å²) in [6.07, 6.45) is 2.45. The highest BCUT2D eigenvalue weighted by Crippen LogP contribution is 2.43. The van der Waals surface area contributed by atoms with Crippen molar-refractivity contribution in [2.24, 2.45) is 11.8 Å². The number of rotatable bonds is 8. The summed E-state index contributed by atoms with van der Waals surface area (Å²) in [5.74, 6) is -0.493. The van der Waals surface area contributed by atoms with Crippen LogP contribution in [0.15, 0.2) is 91.0 Å². The molecule has 2 aliphatic rings. The van der Waals surface area contributed by atoms with Gasteiger partial charge in [0.2, 0.25) is 0 Å². The monoisotopic (exact) mass is 518 g/mol. The third kappa shape index (κ3) is 6.04. The molecule has 5 unspecified atom stereocenters. The van der Waals surface area contributed by atoms with Gasteiger partial charge in [-0.05, 0) is 41.5 Å². The number of ether oxygens (including phenoxy) is 3. The van der Waals surface area contributed by atoms with Gasteiger partial charge in [-0.25, -0.2) is 4.79 Å². The van der Waals surface area contributed by atoms with Gasteiger partial charge in [-0.2, -0.15) is 0 Å². The number of aliphatic hydroxyl groups excluding tert-OH is 1. The number of aliphatic hydroxyl groups is 1. The van der Waals surface area contributed by atoms with Crippen LogP contribution in [0.3, 0.4) is 0 Å². The van der Waals surface area contributed by atoms with Crippen LogP contribution in [0.4, 0.5) is 0 Å². The number of fused-ring (bicyclic) bond motifs is 1. The lowest BCUT2D eigenvalue weighted by Crippen LogP contribution is -2.25. The summed E-state index contributed by atoms with van der Waals surface area (Å²) in [5.41, 5.74) is 2.52. The van der Waals surface area contributed by atoms with E-state index >= 15 is 0 Å². The van der Waals surface area contributed by atoms with Crippen molar-refractivity contribution >= 4 is 23.5 Å². The van der Waals surface area contributed by atoms with Crippen LogP contribution in [0, 0.1) is 11.8 Å². The topological polar surface area (TPSA) is 82.1 Å². The van der Waals surface area contributed by atoms with Crippen molar-refractivity contribution in [2.45, 2.75) is 31.2 Å². The zero-order valence-corrected chi connectivity index (χ0v) is 20.8. The summed E-state index contributed by atoms with van der Waals surface area (Å²) in [4.78, 5) is 24.9. The van der Waals surface area contributed by atoms with E-state index in [0.29, 0.717) is 22.8 Å². The average Bonchev–Trinajstić information content (AvgIpc) is 3.42. The van der Waals surface area contributed by atoms with E-state index in [0.717, 1.165) is 11.1 Å². The van der Waals surface area contributed by atoms with Crippen LogP contribution in [0.25, 0.3) is 11.1 Å². The third-order valence-corrected chi connectivity index (χ3v) is 7.04. The van der Waals surface area contributed by atoms with Gasteiger partial charge in [-0.15, -0.1) is 0 Å². The van der Waals surface area contributed by atoms with E-state index < -0.39 is 18.2 Å². The van der Waals surface area contributed by atoms with Gasteiger partial charge in [0, 0.05) is 23.3 Å². The molecule has 1 aliphatic heterocycles. The lowest BCUT2D eigenvalue weighted by molar-refractivity contribution is -0.141. The second-order valence-corrected chi connectivity index (χ2v) is 9.75. The van der Waals surface area contributed by atoms with Crippen molar-refractivity contribution in [1.29, 1.82) is 0 Å².